The van der Waals surface area contributed by atoms with Crippen molar-refractivity contribution in [2.75, 3.05) is 32.7 Å². The van der Waals surface area contributed by atoms with Gasteiger partial charge in [-0.1, -0.05) is 12.1 Å². The average molecular weight is 361 g/mol. The first-order valence-corrected chi connectivity index (χ1v) is 8.19. The van der Waals surface area contributed by atoms with Gasteiger partial charge in [-0.05, 0) is 31.5 Å². The van der Waals surface area contributed by atoms with Crippen molar-refractivity contribution in [3.63, 3.8) is 0 Å². The van der Waals surface area contributed by atoms with Gasteiger partial charge >= 0.3 is 12.0 Å². The number of rotatable bonds is 6. The summed E-state index contributed by atoms with van der Waals surface area (Å²) in [7, 11) is 3.02. The van der Waals surface area contributed by atoms with Gasteiger partial charge < -0.3 is 25.0 Å². The summed E-state index contributed by atoms with van der Waals surface area (Å²) < 4.78 is 9.95. The molecule has 0 saturated carbocycles. The summed E-state index contributed by atoms with van der Waals surface area (Å²) in [5, 5.41) is 5.50. The van der Waals surface area contributed by atoms with E-state index in [9.17, 15) is 14.4 Å². The Kier molecular flexibility index (Phi) is 6.35. The number of esters is 1. The lowest BCUT2D eigenvalue weighted by atomic mass is 9.94. The van der Waals surface area contributed by atoms with Crippen molar-refractivity contribution >= 4 is 23.6 Å². The van der Waals surface area contributed by atoms with Crippen LogP contribution in [-0.2, 0) is 19.1 Å². The van der Waals surface area contributed by atoms with E-state index in [0.717, 1.165) is 0 Å². The van der Waals surface area contributed by atoms with Crippen LogP contribution in [0.15, 0.2) is 35.5 Å². The lowest BCUT2D eigenvalue weighted by Crippen LogP contribution is -2.46. The molecule has 0 aromatic heterocycles. The van der Waals surface area contributed by atoms with Crippen LogP contribution in [0.25, 0.3) is 0 Å². The molecule has 1 aromatic carbocycles. The van der Waals surface area contributed by atoms with Gasteiger partial charge in [-0.25, -0.2) is 9.59 Å². The van der Waals surface area contributed by atoms with Crippen molar-refractivity contribution in [1.29, 1.82) is 0 Å². The maximum absolute atomic E-state index is 12.4. The Morgan fingerprint density at radius 2 is 2.08 bits per heavy atom. The number of nitrogens with one attached hydrogen (secondary N) is 2. The molecule has 1 atom stereocenters. The number of carbonyl (C=O) groups excluding carboxylic acids is 3. The summed E-state index contributed by atoms with van der Waals surface area (Å²) in [6.45, 7) is 3.58. The second-order valence-electron chi connectivity index (χ2n) is 5.77. The topological polar surface area (TPSA) is 97.0 Å². The van der Waals surface area contributed by atoms with Crippen molar-refractivity contribution in [3.05, 3.63) is 41.1 Å². The minimum Gasteiger partial charge on any atom is -0.463 e. The number of hydrogen-bond donors (Lipinski definition) is 2. The molecule has 2 N–H and O–H groups in total. The largest absolute Gasteiger partial charge is 0.463 e. The Labute approximate surface area is 152 Å². The van der Waals surface area contributed by atoms with E-state index >= 15 is 0 Å². The molecule has 3 amide bonds. The van der Waals surface area contributed by atoms with E-state index in [1.54, 1.807) is 45.2 Å². The number of methoxy groups -OCH3 is 1. The van der Waals surface area contributed by atoms with E-state index in [1.165, 1.54) is 12.0 Å². The maximum atomic E-state index is 12.4. The average Bonchev–Trinajstić information content (AvgIpc) is 2.60. The van der Waals surface area contributed by atoms with Crippen molar-refractivity contribution in [3.8, 4) is 0 Å². The van der Waals surface area contributed by atoms with Gasteiger partial charge in [-0.15, -0.1) is 0 Å². The second kappa shape index (κ2) is 8.48. The lowest BCUT2D eigenvalue weighted by molar-refractivity contribution is -0.139. The molecule has 0 bridgehead atoms. The summed E-state index contributed by atoms with van der Waals surface area (Å²) in [5.74, 6) is -0.787. The summed E-state index contributed by atoms with van der Waals surface area (Å²) in [6, 6.07) is 5.94. The Hall–Kier alpha value is -2.87. The van der Waals surface area contributed by atoms with Crippen LogP contribution in [0.4, 0.5) is 10.5 Å². The molecule has 0 spiro atoms. The Morgan fingerprint density at radius 3 is 2.73 bits per heavy atom. The zero-order valence-electron chi connectivity index (χ0n) is 15.3. The highest BCUT2D eigenvalue weighted by Gasteiger charge is 2.35. The van der Waals surface area contributed by atoms with Crippen LogP contribution in [0, 0.1) is 0 Å². The number of ether oxygens (including phenoxy) is 2. The minimum absolute atomic E-state index is 0.0672. The van der Waals surface area contributed by atoms with Crippen LogP contribution in [0.5, 0.6) is 0 Å². The molecule has 0 saturated heterocycles. The number of hydrogen-bond acceptors (Lipinski definition) is 5. The molecule has 8 heteroatoms. The number of allylic oxidation sites excluding steroid dienone is 1. The monoisotopic (exact) mass is 361 g/mol. The van der Waals surface area contributed by atoms with Gasteiger partial charge in [0, 0.05) is 25.5 Å². The van der Waals surface area contributed by atoms with Crippen LogP contribution >= 0.6 is 0 Å². The lowest BCUT2D eigenvalue weighted by Gasteiger charge is -2.33. The SMILES string of the molecule is CCOC(=O)C1=C(C)N(C)C(=O)N[C@H]1c1cccc(NC(=O)COC)c1. The fourth-order valence-corrected chi connectivity index (χ4v) is 2.68. The van der Waals surface area contributed by atoms with Gasteiger partial charge in [0.25, 0.3) is 0 Å². The molecule has 140 valence electrons. The first kappa shape index (κ1) is 19.5. The summed E-state index contributed by atoms with van der Waals surface area (Å²) in [6.07, 6.45) is 0. The van der Waals surface area contributed by atoms with Crippen LogP contribution in [-0.4, -0.2) is 50.2 Å². The van der Waals surface area contributed by atoms with E-state index in [1.807, 2.05) is 0 Å². The first-order chi connectivity index (χ1) is 12.4. The molecule has 1 aliphatic rings. The number of anilines is 1. The van der Waals surface area contributed by atoms with Crippen LogP contribution in [0.2, 0.25) is 0 Å². The highest BCUT2D eigenvalue weighted by molar-refractivity contribution is 5.95. The van der Waals surface area contributed by atoms with Crippen molar-refractivity contribution in [1.82, 2.24) is 10.2 Å². The van der Waals surface area contributed by atoms with Crippen LogP contribution in [0.3, 0.4) is 0 Å². The van der Waals surface area contributed by atoms with Gasteiger partial charge in [0.2, 0.25) is 5.91 Å². The molecule has 0 radical (unpaired) electrons. The fraction of sp³-hybridized carbons (Fsp3) is 0.389. The third-order valence-corrected chi connectivity index (χ3v) is 4.03. The van der Waals surface area contributed by atoms with E-state index in [4.69, 9.17) is 9.47 Å². The van der Waals surface area contributed by atoms with Gasteiger partial charge in [-0.2, -0.15) is 0 Å². The molecule has 26 heavy (non-hydrogen) atoms. The summed E-state index contributed by atoms with van der Waals surface area (Å²) in [4.78, 5) is 37.7. The highest BCUT2D eigenvalue weighted by atomic mass is 16.5. The molecule has 1 aromatic rings. The maximum Gasteiger partial charge on any atom is 0.338 e. The van der Waals surface area contributed by atoms with E-state index in [-0.39, 0.29) is 25.2 Å². The molecule has 0 unspecified atom stereocenters. The number of amides is 3. The zero-order valence-corrected chi connectivity index (χ0v) is 15.3. The number of benzene rings is 1. The molecule has 1 heterocycles. The van der Waals surface area contributed by atoms with Crippen LogP contribution < -0.4 is 10.6 Å². The van der Waals surface area contributed by atoms with Crippen LogP contribution in [0.1, 0.15) is 25.5 Å². The van der Waals surface area contributed by atoms with Gasteiger partial charge in [0.1, 0.15) is 6.61 Å². The Bertz CT molecular complexity index is 744. The van der Waals surface area contributed by atoms with E-state index in [2.05, 4.69) is 10.6 Å². The van der Waals surface area contributed by atoms with Crippen molar-refractivity contribution < 1.29 is 23.9 Å². The predicted octanol–water partition coefficient (Wildman–Crippen LogP) is 1.80. The van der Waals surface area contributed by atoms with Crippen molar-refractivity contribution in [2.45, 2.75) is 19.9 Å². The third kappa shape index (κ3) is 4.20. The highest BCUT2D eigenvalue weighted by Crippen LogP contribution is 2.31. The quantitative estimate of drug-likeness (QED) is 0.753. The summed E-state index contributed by atoms with van der Waals surface area (Å²) >= 11 is 0. The molecule has 1 aliphatic heterocycles. The molecule has 0 aliphatic carbocycles. The van der Waals surface area contributed by atoms with Gasteiger partial charge in [0.15, 0.2) is 0 Å². The number of nitrogens with zero attached hydrogens (tertiary/aromatic N) is 1. The van der Waals surface area contributed by atoms with E-state index < -0.39 is 12.0 Å². The fourth-order valence-electron chi connectivity index (χ4n) is 2.68. The second-order valence-corrected chi connectivity index (χ2v) is 5.77. The first-order valence-electron chi connectivity index (χ1n) is 8.19. The van der Waals surface area contributed by atoms with E-state index in [0.29, 0.717) is 22.5 Å². The smallest absolute Gasteiger partial charge is 0.338 e. The number of carbonyl (C=O) groups is 3. The van der Waals surface area contributed by atoms with Gasteiger partial charge in [0.05, 0.1) is 18.2 Å². The molecular formula is C18H23N3O5. The van der Waals surface area contributed by atoms with Crippen molar-refractivity contribution in [2.24, 2.45) is 0 Å². The predicted molar refractivity (Wildman–Crippen MR) is 95.3 cm³/mol. The Morgan fingerprint density at radius 1 is 1.35 bits per heavy atom. The molecule has 8 nitrogen and oxygen atoms in total. The zero-order chi connectivity index (χ0) is 19.3. The molecule has 0 fully saturated rings. The summed E-state index contributed by atoms with van der Waals surface area (Å²) in [5.41, 5.74) is 2.07. The standard InChI is InChI=1S/C18H23N3O5/c1-5-26-17(23)15-11(2)21(3)18(24)20-16(15)12-7-6-8-13(9-12)19-14(22)10-25-4/h6-9,16H,5,10H2,1-4H3,(H,19,22)(H,20,24)/t16-/m0/s1. The third-order valence-electron chi connectivity index (χ3n) is 4.03. The number of urea groups is 1. The van der Waals surface area contributed by atoms with Gasteiger partial charge in [-0.3, -0.25) is 4.79 Å². The normalized spacial score (nSPS) is 17.0. The molecule has 2 rings (SSSR count). The Balaban J connectivity index is 2.39. The molecular weight excluding hydrogens is 338 g/mol. The minimum atomic E-state index is -0.669.